The van der Waals surface area contributed by atoms with E-state index in [0.29, 0.717) is 6.42 Å². The lowest BCUT2D eigenvalue weighted by Gasteiger charge is -2.18. The highest BCUT2D eigenvalue weighted by Gasteiger charge is 2.28. The van der Waals surface area contributed by atoms with Crippen LogP contribution in [0.5, 0.6) is 0 Å². The van der Waals surface area contributed by atoms with Crippen LogP contribution < -0.4 is 0 Å². The lowest BCUT2D eigenvalue weighted by Crippen LogP contribution is -2.25. The first-order valence-electron chi connectivity index (χ1n) is 9.22. The molecule has 2 atom stereocenters. The molecule has 1 saturated heterocycles. The molecule has 126 valence electrons. The van der Waals surface area contributed by atoms with E-state index in [-0.39, 0.29) is 18.8 Å². The molecule has 0 aromatic rings. The largest absolute Gasteiger partial charge is 0.396 e. The van der Waals surface area contributed by atoms with Gasteiger partial charge in [0.05, 0.1) is 12.2 Å². The molecule has 3 heteroatoms. The molecule has 1 fully saturated rings. The summed E-state index contributed by atoms with van der Waals surface area (Å²) >= 11 is 0. The smallest absolute Gasteiger partial charge is 0.0859 e. The summed E-state index contributed by atoms with van der Waals surface area (Å²) in [5, 5.41) is 8.97. The minimum Gasteiger partial charge on any atom is -0.396 e. The third kappa shape index (κ3) is 9.49. The summed E-state index contributed by atoms with van der Waals surface area (Å²) in [6.07, 6.45) is 15.6. The van der Waals surface area contributed by atoms with Crippen molar-refractivity contribution in [3.8, 4) is 0 Å². The highest BCUT2D eigenvalue weighted by atomic mass is 16.6. The van der Waals surface area contributed by atoms with Crippen LogP contribution in [0.25, 0.3) is 0 Å². The number of hydrogen-bond acceptors (Lipinski definition) is 3. The van der Waals surface area contributed by atoms with E-state index >= 15 is 0 Å². The molecule has 0 amide bonds. The second-order valence-corrected chi connectivity index (χ2v) is 6.30. The molecule has 0 saturated carbocycles. The molecule has 21 heavy (non-hydrogen) atoms. The Hall–Kier alpha value is -0.120. The molecule has 2 unspecified atom stereocenters. The van der Waals surface area contributed by atoms with Gasteiger partial charge in [-0.2, -0.15) is 0 Å². The van der Waals surface area contributed by atoms with Gasteiger partial charge in [-0.15, -0.1) is 0 Å². The lowest BCUT2D eigenvalue weighted by molar-refractivity contribution is -0.0197. The van der Waals surface area contributed by atoms with Crippen LogP contribution in [-0.4, -0.2) is 37.1 Å². The van der Waals surface area contributed by atoms with Gasteiger partial charge in [-0.1, -0.05) is 64.7 Å². The van der Waals surface area contributed by atoms with E-state index in [9.17, 15) is 0 Å². The molecule has 1 heterocycles. The zero-order chi connectivity index (χ0) is 15.2. The van der Waals surface area contributed by atoms with Crippen LogP contribution in [0.1, 0.15) is 84.0 Å². The second kappa shape index (κ2) is 13.5. The first-order valence-corrected chi connectivity index (χ1v) is 9.22. The summed E-state index contributed by atoms with van der Waals surface area (Å²) in [6.45, 7) is 4.11. The van der Waals surface area contributed by atoms with Gasteiger partial charge in [0.25, 0.3) is 0 Å². The van der Waals surface area contributed by atoms with Crippen molar-refractivity contribution < 1.29 is 14.6 Å². The number of aliphatic hydroxyl groups is 1. The molecular formula is C18H36O3. The topological polar surface area (TPSA) is 38.7 Å². The van der Waals surface area contributed by atoms with Crippen LogP contribution in [0.2, 0.25) is 0 Å². The van der Waals surface area contributed by atoms with Crippen LogP contribution in [0, 0.1) is 0 Å². The maximum absolute atomic E-state index is 8.97. The van der Waals surface area contributed by atoms with Crippen LogP contribution >= 0.6 is 0 Å². The van der Waals surface area contributed by atoms with Crippen molar-refractivity contribution in [3.05, 3.63) is 0 Å². The van der Waals surface area contributed by atoms with Gasteiger partial charge in [-0.25, -0.2) is 0 Å². The number of rotatable bonds is 14. The Morgan fingerprint density at radius 1 is 0.952 bits per heavy atom. The SMILES string of the molecule is CCCCCCCCCCCCOC1CCOC1CCO. The predicted octanol–water partition coefficient (Wildman–Crippen LogP) is 4.46. The van der Waals surface area contributed by atoms with Gasteiger partial charge in [0.1, 0.15) is 0 Å². The minimum absolute atomic E-state index is 0.123. The standard InChI is InChI=1S/C18H36O3/c1-2-3-4-5-6-7-8-9-10-11-15-20-18-13-16-21-17(18)12-14-19/h17-19H,2-16H2,1H3. The molecule has 0 aromatic carbocycles. The van der Waals surface area contributed by atoms with E-state index in [2.05, 4.69) is 6.92 Å². The molecule has 0 aliphatic carbocycles. The van der Waals surface area contributed by atoms with Gasteiger partial charge >= 0.3 is 0 Å². The zero-order valence-corrected chi connectivity index (χ0v) is 14.0. The highest BCUT2D eigenvalue weighted by molar-refractivity contribution is 4.76. The average molecular weight is 300 g/mol. The molecule has 0 spiro atoms. The predicted molar refractivity (Wildman–Crippen MR) is 87.6 cm³/mol. The summed E-state index contributed by atoms with van der Waals surface area (Å²) < 4.78 is 11.5. The van der Waals surface area contributed by atoms with E-state index in [4.69, 9.17) is 14.6 Å². The Labute approximate surface area is 131 Å². The van der Waals surface area contributed by atoms with Crippen LogP contribution in [0.15, 0.2) is 0 Å². The Kier molecular flexibility index (Phi) is 12.2. The van der Waals surface area contributed by atoms with Gasteiger partial charge < -0.3 is 14.6 Å². The summed E-state index contributed by atoms with van der Waals surface area (Å²) in [7, 11) is 0. The van der Waals surface area contributed by atoms with Gasteiger partial charge in [-0.05, 0) is 19.3 Å². The number of hydrogen-bond donors (Lipinski definition) is 1. The van der Waals surface area contributed by atoms with Crippen molar-refractivity contribution in [2.24, 2.45) is 0 Å². The Morgan fingerprint density at radius 2 is 1.57 bits per heavy atom. The van der Waals surface area contributed by atoms with E-state index in [0.717, 1.165) is 26.1 Å². The van der Waals surface area contributed by atoms with E-state index < -0.39 is 0 Å². The van der Waals surface area contributed by atoms with E-state index in [1.807, 2.05) is 0 Å². The molecule has 0 bridgehead atoms. The molecule has 3 nitrogen and oxygen atoms in total. The van der Waals surface area contributed by atoms with Crippen molar-refractivity contribution >= 4 is 0 Å². The minimum atomic E-state index is 0.123. The molecule has 1 aliphatic rings. The molecule has 1 rings (SSSR count). The Morgan fingerprint density at radius 3 is 2.19 bits per heavy atom. The van der Waals surface area contributed by atoms with Crippen LogP contribution in [0.4, 0.5) is 0 Å². The first kappa shape index (κ1) is 18.9. The Balaban J connectivity index is 1.82. The van der Waals surface area contributed by atoms with Crippen molar-refractivity contribution in [1.29, 1.82) is 0 Å². The van der Waals surface area contributed by atoms with E-state index in [1.165, 1.54) is 57.8 Å². The summed E-state index contributed by atoms with van der Waals surface area (Å²) in [5.41, 5.74) is 0. The quantitative estimate of drug-likeness (QED) is 0.481. The van der Waals surface area contributed by atoms with Crippen molar-refractivity contribution in [1.82, 2.24) is 0 Å². The van der Waals surface area contributed by atoms with Crippen molar-refractivity contribution in [3.63, 3.8) is 0 Å². The third-order valence-corrected chi connectivity index (χ3v) is 4.39. The first-order chi connectivity index (χ1) is 10.4. The number of ether oxygens (including phenoxy) is 2. The fraction of sp³-hybridized carbons (Fsp3) is 1.00. The molecule has 0 aromatic heterocycles. The van der Waals surface area contributed by atoms with Gasteiger partial charge in [0.15, 0.2) is 0 Å². The maximum Gasteiger partial charge on any atom is 0.0859 e. The normalized spacial score (nSPS) is 22.0. The third-order valence-electron chi connectivity index (χ3n) is 4.39. The number of aliphatic hydroxyl groups excluding tert-OH is 1. The van der Waals surface area contributed by atoms with Gasteiger partial charge in [0, 0.05) is 19.8 Å². The zero-order valence-electron chi connectivity index (χ0n) is 14.0. The fourth-order valence-electron chi connectivity index (χ4n) is 3.04. The van der Waals surface area contributed by atoms with Crippen molar-refractivity contribution in [2.75, 3.05) is 19.8 Å². The second-order valence-electron chi connectivity index (χ2n) is 6.30. The summed E-state index contributed by atoms with van der Waals surface area (Å²) in [6, 6.07) is 0. The van der Waals surface area contributed by atoms with Crippen molar-refractivity contribution in [2.45, 2.75) is 96.2 Å². The van der Waals surface area contributed by atoms with Crippen LogP contribution in [-0.2, 0) is 9.47 Å². The van der Waals surface area contributed by atoms with Gasteiger partial charge in [0.2, 0.25) is 0 Å². The van der Waals surface area contributed by atoms with Crippen LogP contribution in [0.3, 0.4) is 0 Å². The average Bonchev–Trinajstić information content (AvgIpc) is 2.92. The molecule has 1 aliphatic heterocycles. The molecule has 0 radical (unpaired) electrons. The van der Waals surface area contributed by atoms with Gasteiger partial charge in [-0.3, -0.25) is 0 Å². The lowest BCUT2D eigenvalue weighted by atomic mass is 10.1. The van der Waals surface area contributed by atoms with E-state index in [1.54, 1.807) is 0 Å². The maximum atomic E-state index is 8.97. The highest BCUT2D eigenvalue weighted by Crippen LogP contribution is 2.20. The molecular weight excluding hydrogens is 264 g/mol. The summed E-state index contributed by atoms with van der Waals surface area (Å²) in [5.74, 6) is 0. The monoisotopic (exact) mass is 300 g/mol. The summed E-state index contributed by atoms with van der Waals surface area (Å²) in [4.78, 5) is 0. The number of unbranched alkanes of at least 4 members (excludes halogenated alkanes) is 9. The Bertz CT molecular complexity index is 221. The molecule has 1 N–H and O–H groups in total. The fourth-order valence-corrected chi connectivity index (χ4v) is 3.04.